The predicted octanol–water partition coefficient (Wildman–Crippen LogP) is 3.21. The number of aryl methyl sites for hydroxylation is 1. The molecule has 0 aromatic heterocycles. The Morgan fingerprint density at radius 1 is 1.00 bits per heavy atom. The van der Waals surface area contributed by atoms with Gasteiger partial charge < -0.3 is 15.5 Å². The summed E-state index contributed by atoms with van der Waals surface area (Å²) in [6.07, 6.45) is -2.06. The molecule has 33 heavy (non-hydrogen) atoms. The van der Waals surface area contributed by atoms with Crippen LogP contribution in [-0.2, 0) is 30.6 Å². The first kappa shape index (κ1) is 30.4. The summed E-state index contributed by atoms with van der Waals surface area (Å²) < 4.78 is 56.9. The van der Waals surface area contributed by atoms with Gasteiger partial charge in [-0.1, -0.05) is 57.0 Å². The van der Waals surface area contributed by atoms with E-state index in [1.807, 2.05) is 44.2 Å². The molecular formula is C21H30F3NO7S. The third kappa shape index (κ3) is 12.9. The number of halogens is 3. The Balaban J connectivity index is 0.00000126. The maximum atomic E-state index is 12.6. The lowest BCUT2D eigenvalue weighted by atomic mass is 10.1. The molecule has 0 radical (unpaired) electrons. The zero-order chi connectivity index (χ0) is 25.7. The fourth-order valence-corrected chi connectivity index (χ4v) is 5.01. The molecule has 0 aliphatic carbocycles. The van der Waals surface area contributed by atoms with Crippen molar-refractivity contribution in [2.45, 2.75) is 69.8 Å². The number of carbonyl (C=O) groups excluding carboxylic acids is 1. The van der Waals surface area contributed by atoms with Gasteiger partial charge in [-0.05, 0) is 24.8 Å². The van der Waals surface area contributed by atoms with Crippen LogP contribution in [-0.4, -0.2) is 59.7 Å². The van der Waals surface area contributed by atoms with Gasteiger partial charge in [0.15, 0.2) is 9.84 Å². The van der Waals surface area contributed by atoms with Crippen LogP contribution < -0.4 is 5.32 Å². The summed E-state index contributed by atoms with van der Waals surface area (Å²) in [5.74, 6) is -5.11. The number of hydrogen-bond donors (Lipinski definition) is 3. The van der Waals surface area contributed by atoms with Crippen LogP contribution in [0.15, 0.2) is 30.3 Å². The normalized spacial score (nSPS) is 12.4. The number of carboxylic acids is 2. The first-order valence-electron chi connectivity index (χ1n) is 10.3. The van der Waals surface area contributed by atoms with Crippen LogP contribution in [0.4, 0.5) is 13.2 Å². The molecule has 188 valence electrons. The monoisotopic (exact) mass is 497 g/mol. The van der Waals surface area contributed by atoms with E-state index in [0.29, 0.717) is 32.1 Å². The Morgan fingerprint density at radius 2 is 1.48 bits per heavy atom. The topological polar surface area (TPSA) is 138 Å². The SMILES string of the molecule is CCCC(CCC)S(=O)(=O)C[C@H](NC(=O)CCc1ccccc1)C(=O)O.O=C(O)C(F)(F)F. The minimum atomic E-state index is -5.08. The summed E-state index contributed by atoms with van der Waals surface area (Å²) in [6.45, 7) is 3.80. The average molecular weight is 498 g/mol. The molecule has 0 spiro atoms. The Bertz CT molecular complexity index is 852. The van der Waals surface area contributed by atoms with E-state index in [0.717, 1.165) is 5.56 Å². The highest BCUT2D eigenvalue weighted by molar-refractivity contribution is 7.92. The van der Waals surface area contributed by atoms with Crippen LogP contribution in [0.3, 0.4) is 0 Å². The third-order valence-corrected chi connectivity index (χ3v) is 6.77. The van der Waals surface area contributed by atoms with Crippen molar-refractivity contribution >= 4 is 27.7 Å². The largest absolute Gasteiger partial charge is 0.490 e. The van der Waals surface area contributed by atoms with Gasteiger partial charge in [-0.15, -0.1) is 0 Å². The van der Waals surface area contributed by atoms with Crippen molar-refractivity contribution in [3.05, 3.63) is 35.9 Å². The number of hydrogen-bond acceptors (Lipinski definition) is 5. The molecule has 0 saturated heterocycles. The molecule has 1 aromatic carbocycles. The van der Waals surface area contributed by atoms with E-state index in [1.54, 1.807) is 0 Å². The molecule has 0 fully saturated rings. The van der Waals surface area contributed by atoms with Crippen molar-refractivity contribution < 1.29 is 46.2 Å². The number of sulfone groups is 1. The van der Waals surface area contributed by atoms with Crippen LogP contribution in [0.5, 0.6) is 0 Å². The van der Waals surface area contributed by atoms with Crippen molar-refractivity contribution in [1.29, 1.82) is 0 Å². The molecule has 1 amide bonds. The van der Waals surface area contributed by atoms with Crippen molar-refractivity contribution in [3.8, 4) is 0 Å². The third-order valence-electron chi connectivity index (χ3n) is 4.49. The van der Waals surface area contributed by atoms with E-state index in [1.165, 1.54) is 0 Å². The molecule has 3 N–H and O–H groups in total. The molecule has 0 aliphatic heterocycles. The molecule has 1 aromatic rings. The highest BCUT2D eigenvalue weighted by Gasteiger charge is 2.38. The van der Waals surface area contributed by atoms with Gasteiger partial charge in [0.05, 0.1) is 11.0 Å². The molecule has 0 heterocycles. The van der Waals surface area contributed by atoms with E-state index < -0.39 is 50.9 Å². The molecule has 0 bridgehead atoms. The Labute approximate surface area is 191 Å². The second kappa shape index (κ2) is 14.5. The fraction of sp³-hybridized carbons (Fsp3) is 0.571. The van der Waals surface area contributed by atoms with Gasteiger partial charge in [0.1, 0.15) is 6.04 Å². The molecule has 1 atom stereocenters. The van der Waals surface area contributed by atoms with Crippen molar-refractivity contribution in [3.63, 3.8) is 0 Å². The van der Waals surface area contributed by atoms with Crippen molar-refractivity contribution in [2.75, 3.05) is 5.75 Å². The van der Waals surface area contributed by atoms with E-state index in [2.05, 4.69) is 5.32 Å². The number of alkyl halides is 3. The van der Waals surface area contributed by atoms with Crippen LogP contribution in [0.1, 0.15) is 51.5 Å². The second-order valence-electron chi connectivity index (χ2n) is 7.28. The summed E-state index contributed by atoms with van der Waals surface area (Å²) >= 11 is 0. The zero-order valence-electron chi connectivity index (χ0n) is 18.5. The quantitative estimate of drug-likeness (QED) is 0.403. The standard InChI is InChI=1S/C19H29NO5S.C2HF3O2/c1-3-8-16(9-4-2)26(24,25)14-17(19(22)23)20-18(21)13-12-15-10-6-5-7-11-15;3-2(4,5)1(6)7/h5-7,10-11,16-17H,3-4,8-9,12-14H2,1-2H3,(H,20,21)(H,22,23);(H,6,7)/t17-;/m0./s1. The second-order valence-corrected chi connectivity index (χ2v) is 9.60. The molecule has 12 heteroatoms. The van der Waals surface area contributed by atoms with Crippen molar-refractivity contribution in [2.24, 2.45) is 0 Å². The predicted molar refractivity (Wildman–Crippen MR) is 115 cm³/mol. The van der Waals surface area contributed by atoms with Crippen LogP contribution in [0.2, 0.25) is 0 Å². The minimum Gasteiger partial charge on any atom is -0.480 e. The van der Waals surface area contributed by atoms with Crippen molar-refractivity contribution in [1.82, 2.24) is 5.32 Å². The summed E-state index contributed by atoms with van der Waals surface area (Å²) in [5.41, 5.74) is 0.966. The lowest BCUT2D eigenvalue weighted by Gasteiger charge is -2.20. The first-order chi connectivity index (χ1) is 15.2. The first-order valence-corrected chi connectivity index (χ1v) is 12.0. The summed E-state index contributed by atoms with van der Waals surface area (Å²) in [7, 11) is -3.60. The highest BCUT2D eigenvalue weighted by atomic mass is 32.2. The lowest BCUT2D eigenvalue weighted by molar-refractivity contribution is -0.192. The van der Waals surface area contributed by atoms with Gasteiger partial charge in [0.2, 0.25) is 5.91 Å². The maximum Gasteiger partial charge on any atom is 0.490 e. The summed E-state index contributed by atoms with van der Waals surface area (Å²) in [4.78, 5) is 32.4. The Kier molecular flexibility index (Phi) is 13.3. The van der Waals surface area contributed by atoms with E-state index in [4.69, 9.17) is 9.90 Å². The number of aliphatic carboxylic acids is 2. The summed E-state index contributed by atoms with van der Waals surface area (Å²) in [5, 5.41) is 18.3. The average Bonchev–Trinajstić information content (AvgIpc) is 2.72. The van der Waals surface area contributed by atoms with E-state index in [9.17, 15) is 36.3 Å². The van der Waals surface area contributed by atoms with Gasteiger partial charge in [-0.25, -0.2) is 18.0 Å². The minimum absolute atomic E-state index is 0.112. The number of benzene rings is 1. The molecule has 0 saturated carbocycles. The van der Waals surface area contributed by atoms with Gasteiger partial charge in [-0.3, -0.25) is 4.79 Å². The van der Waals surface area contributed by atoms with Crippen LogP contribution >= 0.6 is 0 Å². The highest BCUT2D eigenvalue weighted by Crippen LogP contribution is 2.17. The van der Waals surface area contributed by atoms with Gasteiger partial charge >= 0.3 is 18.1 Å². The summed E-state index contributed by atoms with van der Waals surface area (Å²) in [6, 6.07) is 7.94. The molecule has 8 nitrogen and oxygen atoms in total. The Hall–Kier alpha value is -2.63. The number of carbonyl (C=O) groups is 3. The molecule has 1 rings (SSSR count). The number of nitrogens with one attached hydrogen (secondary N) is 1. The van der Waals surface area contributed by atoms with Crippen LogP contribution in [0, 0.1) is 0 Å². The maximum absolute atomic E-state index is 12.6. The fourth-order valence-electron chi connectivity index (χ4n) is 2.86. The number of amides is 1. The number of rotatable bonds is 12. The number of carboxylic acid groups (broad SMARTS) is 2. The van der Waals surface area contributed by atoms with E-state index in [-0.39, 0.29) is 6.42 Å². The van der Waals surface area contributed by atoms with Gasteiger partial charge in [0, 0.05) is 6.42 Å². The van der Waals surface area contributed by atoms with E-state index >= 15 is 0 Å². The molecule has 0 aliphatic rings. The Morgan fingerprint density at radius 3 is 1.88 bits per heavy atom. The molecular weight excluding hydrogens is 467 g/mol. The van der Waals surface area contributed by atoms with Crippen LogP contribution in [0.25, 0.3) is 0 Å². The smallest absolute Gasteiger partial charge is 0.480 e. The zero-order valence-corrected chi connectivity index (χ0v) is 19.3. The van der Waals surface area contributed by atoms with Gasteiger partial charge in [-0.2, -0.15) is 13.2 Å². The van der Waals surface area contributed by atoms with Gasteiger partial charge in [0.25, 0.3) is 0 Å². The molecule has 0 unspecified atom stereocenters. The lowest BCUT2D eigenvalue weighted by Crippen LogP contribution is -2.47.